The average Bonchev–Trinajstić information content (AvgIpc) is 2.29. The van der Waals surface area contributed by atoms with Crippen LogP contribution < -0.4 is 5.32 Å². The summed E-state index contributed by atoms with van der Waals surface area (Å²) in [4.78, 5) is 0. The van der Waals surface area contributed by atoms with Gasteiger partial charge in [0, 0.05) is 26.7 Å². The maximum absolute atomic E-state index is 11.5. The molecule has 0 amide bonds. The highest BCUT2D eigenvalue weighted by Gasteiger charge is 2.25. The van der Waals surface area contributed by atoms with Crippen molar-refractivity contribution < 1.29 is 13.2 Å². The summed E-state index contributed by atoms with van der Waals surface area (Å²) in [7, 11) is -1.42. The van der Waals surface area contributed by atoms with Crippen molar-refractivity contribution in [3.05, 3.63) is 0 Å². The zero-order valence-corrected chi connectivity index (χ0v) is 12.6. The van der Waals surface area contributed by atoms with Crippen molar-refractivity contribution in [2.45, 2.75) is 18.2 Å². The van der Waals surface area contributed by atoms with Gasteiger partial charge in [-0.3, -0.25) is 0 Å². The van der Waals surface area contributed by atoms with Crippen LogP contribution in [-0.2, 0) is 14.8 Å². The topological polar surface area (TPSA) is 58.6 Å². The van der Waals surface area contributed by atoms with Crippen LogP contribution in [0.3, 0.4) is 0 Å². The summed E-state index contributed by atoms with van der Waals surface area (Å²) in [5.74, 6) is 0.375. The molecule has 0 saturated carbocycles. The number of piperidine rings is 1. The van der Waals surface area contributed by atoms with Gasteiger partial charge in [0.05, 0.1) is 18.2 Å². The predicted molar refractivity (Wildman–Crippen MR) is 73.5 cm³/mol. The molecule has 108 valence electrons. The van der Waals surface area contributed by atoms with Crippen molar-refractivity contribution in [3.8, 4) is 0 Å². The van der Waals surface area contributed by atoms with E-state index in [0.29, 0.717) is 32.2 Å². The number of nitrogens with one attached hydrogen (secondary N) is 1. The van der Waals surface area contributed by atoms with Gasteiger partial charge < -0.3 is 10.1 Å². The van der Waals surface area contributed by atoms with E-state index in [1.165, 1.54) is 6.26 Å². The monoisotopic (exact) mass is 298 g/mol. The van der Waals surface area contributed by atoms with Gasteiger partial charge in [-0.15, -0.1) is 11.6 Å². The van der Waals surface area contributed by atoms with Gasteiger partial charge in [0.25, 0.3) is 0 Å². The Kier molecular flexibility index (Phi) is 6.87. The first-order valence-electron chi connectivity index (χ1n) is 6.22. The Morgan fingerprint density at radius 1 is 1.56 bits per heavy atom. The average molecular weight is 299 g/mol. The molecule has 2 atom stereocenters. The molecule has 1 heterocycles. The number of alkyl halides is 1. The minimum absolute atomic E-state index is 0.0374. The van der Waals surface area contributed by atoms with E-state index in [1.807, 2.05) is 0 Å². The maximum Gasteiger partial charge on any atom is 0.211 e. The fourth-order valence-electron chi connectivity index (χ4n) is 2.18. The van der Waals surface area contributed by atoms with Crippen LogP contribution in [0.25, 0.3) is 0 Å². The zero-order chi connectivity index (χ0) is 13.6. The summed E-state index contributed by atoms with van der Waals surface area (Å²) in [5.41, 5.74) is 0. The van der Waals surface area contributed by atoms with E-state index in [2.05, 4.69) is 5.32 Å². The second kappa shape index (κ2) is 7.65. The molecule has 1 saturated heterocycles. The van der Waals surface area contributed by atoms with Crippen LogP contribution in [-0.4, -0.2) is 64.3 Å². The maximum atomic E-state index is 11.5. The van der Waals surface area contributed by atoms with E-state index in [4.69, 9.17) is 16.3 Å². The Hall–Kier alpha value is 0.120. The Morgan fingerprint density at radius 2 is 2.28 bits per heavy atom. The Bertz CT molecular complexity index is 337. The first-order chi connectivity index (χ1) is 8.43. The number of hydrogen-bond acceptors (Lipinski definition) is 4. The highest BCUT2D eigenvalue weighted by atomic mass is 35.5. The largest absolute Gasteiger partial charge is 0.383 e. The first-order valence-corrected chi connectivity index (χ1v) is 8.50. The molecule has 0 radical (unpaired) electrons. The molecule has 7 heteroatoms. The number of sulfonamides is 1. The third-order valence-corrected chi connectivity index (χ3v) is 4.65. The van der Waals surface area contributed by atoms with Gasteiger partial charge in [-0.2, -0.15) is 0 Å². The lowest BCUT2D eigenvalue weighted by molar-refractivity contribution is 0.195. The minimum atomic E-state index is -3.05. The molecule has 2 unspecified atom stereocenters. The Morgan fingerprint density at radius 3 is 2.89 bits per heavy atom. The minimum Gasteiger partial charge on any atom is -0.383 e. The number of nitrogens with zero attached hydrogens (tertiary/aromatic N) is 1. The molecule has 0 spiro atoms. The normalized spacial score (nSPS) is 24.1. The smallest absolute Gasteiger partial charge is 0.211 e. The molecule has 0 aliphatic carbocycles. The summed E-state index contributed by atoms with van der Waals surface area (Å²) in [5, 5.41) is 3.24. The van der Waals surface area contributed by atoms with Crippen molar-refractivity contribution >= 4 is 21.6 Å². The predicted octanol–water partition coefficient (Wildman–Crippen LogP) is 0.501. The van der Waals surface area contributed by atoms with E-state index in [1.54, 1.807) is 11.4 Å². The van der Waals surface area contributed by atoms with Crippen LogP contribution in [0, 0.1) is 5.92 Å². The lowest BCUT2D eigenvalue weighted by atomic mass is 10.00. The molecule has 0 bridgehead atoms. The summed E-state index contributed by atoms with van der Waals surface area (Å²) in [6.07, 6.45) is 3.27. The molecule has 5 nitrogen and oxygen atoms in total. The van der Waals surface area contributed by atoms with Gasteiger partial charge in [0.2, 0.25) is 10.0 Å². The molecule has 1 aliphatic heterocycles. The van der Waals surface area contributed by atoms with Crippen LogP contribution in [0.1, 0.15) is 12.8 Å². The molecule has 1 rings (SSSR count). The van der Waals surface area contributed by atoms with Crippen molar-refractivity contribution in [3.63, 3.8) is 0 Å². The van der Waals surface area contributed by atoms with E-state index in [-0.39, 0.29) is 5.38 Å². The van der Waals surface area contributed by atoms with E-state index < -0.39 is 10.0 Å². The number of hydrogen-bond donors (Lipinski definition) is 1. The van der Waals surface area contributed by atoms with Crippen LogP contribution in [0.15, 0.2) is 0 Å². The molecule has 1 aliphatic rings. The summed E-state index contributed by atoms with van der Waals surface area (Å²) in [6, 6.07) is 0. The van der Waals surface area contributed by atoms with Crippen molar-refractivity contribution in [2.24, 2.45) is 5.92 Å². The van der Waals surface area contributed by atoms with Crippen molar-refractivity contribution in [1.82, 2.24) is 9.62 Å². The molecular formula is C11H23ClN2O3S. The standard InChI is InChI=1S/C11H23ClN2O3S/c1-17-9-11(12)7-13-6-10-4-3-5-14(8-10)18(2,15)16/h10-11,13H,3-9H2,1-2H3. The third kappa shape index (κ3) is 5.84. The van der Waals surface area contributed by atoms with Gasteiger partial charge in [-0.25, -0.2) is 12.7 Å². The number of ether oxygens (including phenoxy) is 1. The highest BCUT2D eigenvalue weighted by molar-refractivity contribution is 7.88. The van der Waals surface area contributed by atoms with Crippen LogP contribution in [0.5, 0.6) is 0 Å². The molecule has 1 N–H and O–H groups in total. The molecule has 1 fully saturated rings. The van der Waals surface area contributed by atoms with Crippen LogP contribution >= 0.6 is 11.6 Å². The number of rotatable bonds is 7. The first kappa shape index (κ1) is 16.2. The van der Waals surface area contributed by atoms with Gasteiger partial charge in [0.1, 0.15) is 0 Å². The Balaban J connectivity index is 2.26. The van der Waals surface area contributed by atoms with Gasteiger partial charge in [-0.05, 0) is 25.3 Å². The molecule has 0 aromatic rings. The van der Waals surface area contributed by atoms with E-state index in [0.717, 1.165) is 19.4 Å². The second-order valence-electron chi connectivity index (χ2n) is 4.84. The van der Waals surface area contributed by atoms with Gasteiger partial charge in [0.15, 0.2) is 0 Å². The number of halogens is 1. The number of methoxy groups -OCH3 is 1. The van der Waals surface area contributed by atoms with Gasteiger partial charge in [-0.1, -0.05) is 0 Å². The van der Waals surface area contributed by atoms with Gasteiger partial charge >= 0.3 is 0 Å². The SMILES string of the molecule is COCC(Cl)CNCC1CCCN(S(C)(=O)=O)C1. The Labute approximate surface area is 115 Å². The fourth-order valence-corrected chi connectivity index (χ4v) is 3.36. The lowest BCUT2D eigenvalue weighted by Crippen LogP contribution is -2.43. The quantitative estimate of drug-likeness (QED) is 0.696. The lowest BCUT2D eigenvalue weighted by Gasteiger charge is -2.31. The summed E-state index contributed by atoms with van der Waals surface area (Å²) < 4.78 is 29.4. The van der Waals surface area contributed by atoms with Crippen molar-refractivity contribution in [2.75, 3.05) is 46.2 Å². The summed E-state index contributed by atoms with van der Waals surface area (Å²) >= 11 is 6.01. The van der Waals surface area contributed by atoms with Crippen molar-refractivity contribution in [1.29, 1.82) is 0 Å². The molecule has 0 aromatic carbocycles. The van der Waals surface area contributed by atoms with Crippen LogP contribution in [0.2, 0.25) is 0 Å². The molecule has 0 aromatic heterocycles. The molecular weight excluding hydrogens is 276 g/mol. The fraction of sp³-hybridized carbons (Fsp3) is 1.00. The molecule has 18 heavy (non-hydrogen) atoms. The van der Waals surface area contributed by atoms with Crippen LogP contribution in [0.4, 0.5) is 0 Å². The summed E-state index contributed by atoms with van der Waals surface area (Å²) in [6.45, 7) is 3.28. The van der Waals surface area contributed by atoms with E-state index >= 15 is 0 Å². The third-order valence-electron chi connectivity index (χ3n) is 3.10. The zero-order valence-electron chi connectivity index (χ0n) is 11.1. The van der Waals surface area contributed by atoms with E-state index in [9.17, 15) is 8.42 Å². The second-order valence-corrected chi connectivity index (χ2v) is 7.44. The highest BCUT2D eigenvalue weighted by Crippen LogP contribution is 2.17.